The van der Waals surface area contributed by atoms with Gasteiger partial charge in [-0.15, -0.1) is 0 Å². The molecule has 0 radical (unpaired) electrons. The number of benzene rings is 1. The van der Waals surface area contributed by atoms with Crippen molar-refractivity contribution in [2.75, 3.05) is 7.11 Å². The SMILES string of the molecule is C=c1[nH]c(=C)c2c(O)ccc(=O)c-2c1C(=O)OC. The van der Waals surface area contributed by atoms with Crippen molar-refractivity contribution in [3.63, 3.8) is 0 Å². The van der Waals surface area contributed by atoms with Crippen LogP contribution in [-0.4, -0.2) is 23.2 Å². The Bertz CT molecular complexity index is 760. The highest BCUT2D eigenvalue weighted by atomic mass is 16.5. The van der Waals surface area contributed by atoms with E-state index in [9.17, 15) is 14.7 Å². The van der Waals surface area contributed by atoms with Crippen molar-refractivity contribution in [1.82, 2.24) is 4.98 Å². The Morgan fingerprint density at radius 3 is 2.56 bits per heavy atom. The van der Waals surface area contributed by atoms with E-state index in [4.69, 9.17) is 0 Å². The largest absolute Gasteiger partial charge is 0.507 e. The summed E-state index contributed by atoms with van der Waals surface area (Å²) in [5, 5.41) is 10.3. The van der Waals surface area contributed by atoms with Gasteiger partial charge in [0, 0.05) is 10.7 Å². The molecule has 1 aliphatic heterocycles. The van der Waals surface area contributed by atoms with Crippen molar-refractivity contribution in [1.29, 1.82) is 0 Å². The van der Waals surface area contributed by atoms with Crippen LogP contribution < -0.4 is 16.1 Å². The van der Waals surface area contributed by atoms with Crippen LogP contribution in [0.1, 0.15) is 10.4 Å². The Balaban J connectivity index is 3.09. The van der Waals surface area contributed by atoms with Gasteiger partial charge < -0.3 is 14.8 Å². The molecule has 1 heterocycles. The highest BCUT2D eigenvalue weighted by Gasteiger charge is 2.22. The molecule has 18 heavy (non-hydrogen) atoms. The van der Waals surface area contributed by atoms with E-state index < -0.39 is 11.4 Å². The normalized spacial score (nSPS) is 10.5. The van der Waals surface area contributed by atoms with E-state index >= 15 is 0 Å². The molecule has 2 rings (SSSR count). The molecule has 0 amide bonds. The van der Waals surface area contributed by atoms with Crippen molar-refractivity contribution in [3.05, 3.63) is 38.6 Å². The highest BCUT2D eigenvalue weighted by molar-refractivity contribution is 5.98. The van der Waals surface area contributed by atoms with Gasteiger partial charge in [0.15, 0.2) is 5.43 Å². The topological polar surface area (TPSA) is 79.4 Å². The molecule has 1 aliphatic carbocycles. The lowest BCUT2D eigenvalue weighted by molar-refractivity contribution is 0.0599. The second kappa shape index (κ2) is 4.03. The summed E-state index contributed by atoms with van der Waals surface area (Å²) in [5.74, 6) is -0.819. The maximum Gasteiger partial charge on any atom is 0.340 e. The number of esters is 1. The average Bonchev–Trinajstić information content (AvgIpc) is 2.32. The van der Waals surface area contributed by atoms with Crippen LogP contribution in [0.2, 0.25) is 0 Å². The van der Waals surface area contributed by atoms with E-state index in [-0.39, 0.29) is 27.8 Å². The van der Waals surface area contributed by atoms with E-state index in [2.05, 4.69) is 22.9 Å². The number of methoxy groups -OCH3 is 1. The molecule has 0 saturated heterocycles. The van der Waals surface area contributed by atoms with Gasteiger partial charge in [-0.25, -0.2) is 4.79 Å². The van der Waals surface area contributed by atoms with Crippen molar-refractivity contribution in [2.24, 2.45) is 0 Å². The number of nitrogens with one attached hydrogen (secondary N) is 1. The number of ether oxygens (including phenoxy) is 1. The summed E-state index contributed by atoms with van der Waals surface area (Å²) < 4.78 is 4.62. The molecule has 0 bridgehead atoms. The number of rotatable bonds is 1. The molecular weight excluding hydrogens is 234 g/mol. The number of aromatic amines is 1. The van der Waals surface area contributed by atoms with Gasteiger partial charge in [0.25, 0.3) is 0 Å². The van der Waals surface area contributed by atoms with Gasteiger partial charge in [-0.3, -0.25) is 4.79 Å². The molecule has 2 aliphatic rings. The van der Waals surface area contributed by atoms with Gasteiger partial charge in [-0.1, -0.05) is 13.2 Å². The molecule has 5 nitrogen and oxygen atoms in total. The van der Waals surface area contributed by atoms with Gasteiger partial charge in [-0.05, 0) is 12.1 Å². The van der Waals surface area contributed by atoms with Crippen LogP contribution in [0.5, 0.6) is 5.75 Å². The highest BCUT2D eigenvalue weighted by Crippen LogP contribution is 2.25. The Morgan fingerprint density at radius 2 is 1.94 bits per heavy atom. The van der Waals surface area contributed by atoms with Crippen LogP contribution in [0.3, 0.4) is 0 Å². The molecule has 0 saturated carbocycles. The van der Waals surface area contributed by atoms with Gasteiger partial charge in [0.05, 0.1) is 23.8 Å². The summed E-state index contributed by atoms with van der Waals surface area (Å²) in [5.41, 5.74) is -0.112. The molecule has 0 aromatic carbocycles. The molecule has 0 spiro atoms. The molecule has 0 atom stereocenters. The van der Waals surface area contributed by atoms with Crippen LogP contribution >= 0.6 is 0 Å². The fourth-order valence-electron chi connectivity index (χ4n) is 1.91. The van der Waals surface area contributed by atoms with Crippen molar-refractivity contribution in [3.8, 4) is 16.9 Å². The lowest BCUT2D eigenvalue weighted by Gasteiger charge is -2.12. The van der Waals surface area contributed by atoms with Crippen LogP contribution in [0.4, 0.5) is 0 Å². The van der Waals surface area contributed by atoms with Crippen LogP contribution in [0.25, 0.3) is 24.3 Å². The number of H-pyrrole nitrogens is 1. The summed E-state index contributed by atoms with van der Waals surface area (Å²) in [6, 6.07) is 2.44. The summed E-state index contributed by atoms with van der Waals surface area (Å²) in [6.07, 6.45) is 0. The zero-order valence-corrected chi connectivity index (χ0v) is 9.74. The molecule has 0 fully saturated rings. The first kappa shape index (κ1) is 11.9. The lowest BCUT2D eigenvalue weighted by Crippen LogP contribution is -2.32. The first-order chi connectivity index (χ1) is 8.47. The number of phenolic OH excluding ortho intramolecular Hbond substituents is 1. The predicted octanol–water partition coefficient (Wildman–Crippen LogP) is -0.208. The third-order valence-corrected chi connectivity index (χ3v) is 2.69. The van der Waals surface area contributed by atoms with E-state index in [1.165, 1.54) is 19.2 Å². The maximum absolute atomic E-state index is 11.9. The molecule has 92 valence electrons. The quantitative estimate of drug-likeness (QED) is 0.681. The van der Waals surface area contributed by atoms with Gasteiger partial charge in [0.1, 0.15) is 5.75 Å². The van der Waals surface area contributed by atoms with Crippen LogP contribution in [-0.2, 0) is 4.74 Å². The molecule has 0 aromatic rings. The minimum atomic E-state index is -0.691. The second-order valence-electron chi connectivity index (χ2n) is 3.78. The second-order valence-corrected chi connectivity index (χ2v) is 3.78. The van der Waals surface area contributed by atoms with Crippen molar-refractivity contribution in [2.45, 2.75) is 0 Å². The number of fused-ring (bicyclic) bond motifs is 1. The van der Waals surface area contributed by atoms with E-state index in [1.807, 2.05) is 0 Å². The number of hydrogen-bond donors (Lipinski definition) is 2. The monoisotopic (exact) mass is 245 g/mol. The number of carbonyl (C=O) groups excluding carboxylic acids is 1. The first-order valence-corrected chi connectivity index (χ1v) is 5.11. The summed E-state index contributed by atoms with van der Waals surface area (Å²) >= 11 is 0. The zero-order chi connectivity index (χ0) is 13.4. The van der Waals surface area contributed by atoms with Crippen molar-refractivity contribution >= 4 is 19.1 Å². The van der Waals surface area contributed by atoms with E-state index in [0.29, 0.717) is 5.35 Å². The number of hydrogen-bond acceptors (Lipinski definition) is 4. The minimum Gasteiger partial charge on any atom is -0.507 e. The predicted molar refractivity (Wildman–Crippen MR) is 67.0 cm³/mol. The molecular formula is C13H11NO4. The molecule has 0 aromatic heterocycles. The van der Waals surface area contributed by atoms with Gasteiger partial charge in [0.2, 0.25) is 0 Å². The van der Waals surface area contributed by atoms with Gasteiger partial charge >= 0.3 is 5.97 Å². The molecule has 2 N–H and O–H groups in total. The molecule has 0 unspecified atom stereocenters. The van der Waals surface area contributed by atoms with Crippen LogP contribution in [0.15, 0.2) is 16.9 Å². The zero-order valence-electron chi connectivity index (χ0n) is 9.74. The first-order valence-electron chi connectivity index (χ1n) is 5.11. The average molecular weight is 245 g/mol. The standard InChI is InChI=1S/C13H11NO4/c1-6-10-8(15)4-5-9(16)12(10)11(7(2)14-6)13(17)18-3/h4-5,14-15H,1-2H2,3H3. The number of pyridine rings is 1. The maximum atomic E-state index is 11.9. The van der Waals surface area contributed by atoms with Gasteiger partial charge in [-0.2, -0.15) is 0 Å². The van der Waals surface area contributed by atoms with Crippen LogP contribution in [0, 0.1) is 0 Å². The van der Waals surface area contributed by atoms with Crippen molar-refractivity contribution < 1.29 is 14.6 Å². The number of aromatic hydroxyl groups is 1. The summed E-state index contributed by atoms with van der Waals surface area (Å²) in [7, 11) is 1.21. The summed E-state index contributed by atoms with van der Waals surface area (Å²) in [4.78, 5) is 26.3. The van der Waals surface area contributed by atoms with E-state index in [1.54, 1.807) is 0 Å². The summed E-state index contributed by atoms with van der Waals surface area (Å²) in [6.45, 7) is 7.35. The molecule has 5 heteroatoms. The fraction of sp³-hybridized carbons (Fsp3) is 0.0769. The lowest BCUT2D eigenvalue weighted by atomic mass is 9.97. The smallest absolute Gasteiger partial charge is 0.340 e. The Kier molecular flexibility index (Phi) is 2.67. The Hall–Kier alpha value is -2.56. The number of carbonyl (C=O) groups is 1. The number of phenols is 1. The third kappa shape index (κ3) is 1.57. The van der Waals surface area contributed by atoms with E-state index in [0.717, 1.165) is 0 Å². The number of aromatic nitrogens is 1. The Labute approximate surface area is 102 Å². The third-order valence-electron chi connectivity index (χ3n) is 2.69. The fourth-order valence-corrected chi connectivity index (χ4v) is 1.91. The minimum absolute atomic E-state index is 0.0146. The Morgan fingerprint density at radius 1 is 1.28 bits per heavy atom.